The van der Waals surface area contributed by atoms with Gasteiger partial charge in [-0.3, -0.25) is 10.2 Å². The Morgan fingerprint density at radius 1 is 1.30 bits per heavy atom. The van der Waals surface area contributed by atoms with Gasteiger partial charge in [0.2, 0.25) is 5.91 Å². The quantitative estimate of drug-likeness (QED) is 0.779. The molecular formula is C21H23N3OS2. The highest BCUT2D eigenvalue weighted by Crippen LogP contribution is 2.26. The predicted octanol–water partition coefficient (Wildman–Crippen LogP) is 3.07. The van der Waals surface area contributed by atoms with Crippen molar-refractivity contribution >= 4 is 46.2 Å². The normalized spacial score (nSPS) is 16.5. The van der Waals surface area contributed by atoms with Crippen LogP contribution in [0.3, 0.4) is 0 Å². The second-order valence-corrected chi connectivity index (χ2v) is 8.67. The summed E-state index contributed by atoms with van der Waals surface area (Å²) in [6.07, 6.45) is 0.743. The van der Waals surface area contributed by atoms with E-state index in [1.807, 2.05) is 37.3 Å². The number of hydrazone groups is 1. The summed E-state index contributed by atoms with van der Waals surface area (Å²) in [6.45, 7) is 10.3. The molecule has 2 aromatic carbocycles. The minimum atomic E-state index is -0.163. The highest BCUT2D eigenvalue weighted by Gasteiger charge is 2.22. The number of nitrogens with one attached hydrogen (secondary N) is 2. The summed E-state index contributed by atoms with van der Waals surface area (Å²) < 4.78 is 0. The van der Waals surface area contributed by atoms with Gasteiger partial charge in [-0.15, -0.1) is 16.9 Å². The molecule has 140 valence electrons. The van der Waals surface area contributed by atoms with Gasteiger partial charge in [0.1, 0.15) is 5.03 Å². The lowest BCUT2D eigenvalue weighted by Gasteiger charge is -2.13. The van der Waals surface area contributed by atoms with Crippen molar-refractivity contribution in [2.45, 2.75) is 37.3 Å². The summed E-state index contributed by atoms with van der Waals surface area (Å²) >= 11 is 3.01. The fourth-order valence-corrected chi connectivity index (χ4v) is 4.85. The van der Waals surface area contributed by atoms with Crippen LogP contribution in [0.5, 0.6) is 0 Å². The van der Waals surface area contributed by atoms with Crippen LogP contribution >= 0.6 is 23.5 Å². The third-order valence-corrected chi connectivity index (χ3v) is 6.42. The molecule has 0 radical (unpaired) electrons. The van der Waals surface area contributed by atoms with Gasteiger partial charge in [-0.1, -0.05) is 49.4 Å². The zero-order chi connectivity index (χ0) is 19.4. The lowest BCUT2D eigenvalue weighted by atomic mass is 10.1. The Morgan fingerprint density at radius 2 is 2.04 bits per heavy atom. The van der Waals surface area contributed by atoms with Crippen molar-refractivity contribution in [3.63, 3.8) is 0 Å². The number of amides is 1. The van der Waals surface area contributed by atoms with E-state index in [0.717, 1.165) is 32.3 Å². The average Bonchev–Trinajstić information content (AvgIpc) is 3.07. The van der Waals surface area contributed by atoms with E-state index in [1.165, 1.54) is 17.3 Å². The number of aryl methyl sites for hydroxylation is 2. The maximum absolute atomic E-state index is 12.7. The van der Waals surface area contributed by atoms with Gasteiger partial charge in [-0.25, -0.2) is 0 Å². The summed E-state index contributed by atoms with van der Waals surface area (Å²) in [5.41, 5.74) is 5.37. The fourth-order valence-electron chi connectivity index (χ4n) is 2.96. The van der Waals surface area contributed by atoms with E-state index in [-0.39, 0.29) is 11.2 Å². The molecule has 27 heavy (non-hydrogen) atoms. The molecule has 1 aliphatic heterocycles. The number of amidine groups is 1. The Morgan fingerprint density at radius 3 is 2.70 bits per heavy atom. The number of rotatable bonds is 4. The first-order chi connectivity index (χ1) is 13.0. The maximum atomic E-state index is 12.7. The molecule has 0 spiro atoms. The lowest BCUT2D eigenvalue weighted by molar-refractivity contribution is -0.119. The minimum absolute atomic E-state index is 0.0314. The topological polar surface area (TPSA) is 53.5 Å². The minimum Gasteiger partial charge on any atom is -0.302 e. The molecule has 1 atom stereocenters. The van der Waals surface area contributed by atoms with Crippen molar-refractivity contribution in [2.24, 2.45) is 5.10 Å². The standard InChI is InChI=1S/C21H23N3OS2/c1-5-17(26-16-9-7-6-8-10-16)19(25)22-21-24-23-20(27-21)18-14(3)11-13(2)12-15(18)4/h6-12,17,23H,3,5H2,1-2,4H3,(H,22,24,25)/t17-/m0/s1. The summed E-state index contributed by atoms with van der Waals surface area (Å²) in [7, 11) is 0. The van der Waals surface area contributed by atoms with Crippen molar-refractivity contribution in [2.75, 3.05) is 0 Å². The van der Waals surface area contributed by atoms with Gasteiger partial charge in [-0.05, 0) is 54.9 Å². The van der Waals surface area contributed by atoms with Gasteiger partial charge in [0.05, 0.1) is 5.25 Å². The number of hydrogen-bond acceptors (Lipinski definition) is 5. The highest BCUT2D eigenvalue weighted by atomic mass is 32.2. The van der Waals surface area contributed by atoms with E-state index in [4.69, 9.17) is 0 Å². The molecule has 1 aliphatic rings. The zero-order valence-corrected chi connectivity index (χ0v) is 17.3. The third-order valence-electron chi connectivity index (χ3n) is 4.16. The Hall–Kier alpha value is -2.18. The molecule has 3 rings (SSSR count). The highest BCUT2D eigenvalue weighted by molar-refractivity contribution is 8.21. The number of carbonyl (C=O) groups excluding carboxylic acids is 1. The first-order valence-electron chi connectivity index (χ1n) is 8.82. The van der Waals surface area contributed by atoms with Crippen LogP contribution in [0.25, 0.3) is 11.6 Å². The summed E-state index contributed by atoms with van der Waals surface area (Å²) in [4.78, 5) is 13.8. The van der Waals surface area contributed by atoms with Crippen LogP contribution in [0.2, 0.25) is 0 Å². The number of benzene rings is 2. The molecule has 0 bridgehead atoms. The maximum Gasteiger partial charge on any atom is 0.239 e. The van der Waals surface area contributed by atoms with Crippen molar-refractivity contribution in [3.05, 3.63) is 64.0 Å². The van der Waals surface area contributed by atoms with Crippen LogP contribution in [-0.4, -0.2) is 16.3 Å². The molecule has 1 heterocycles. The van der Waals surface area contributed by atoms with E-state index in [9.17, 15) is 4.79 Å². The molecule has 4 nitrogen and oxygen atoms in total. The summed E-state index contributed by atoms with van der Waals surface area (Å²) in [5.74, 6) is -0.0314. The molecule has 0 unspecified atom stereocenters. The monoisotopic (exact) mass is 397 g/mol. The van der Waals surface area contributed by atoms with Crippen molar-refractivity contribution < 1.29 is 4.79 Å². The van der Waals surface area contributed by atoms with E-state index >= 15 is 0 Å². The SMILES string of the molecule is C=c1cc(C)cc(C)c1=C1NN=C(NC(=O)[C@H](CC)Sc2ccccc2)S1. The Balaban J connectivity index is 1.71. The molecule has 0 aliphatic carbocycles. The third kappa shape index (κ3) is 4.76. The average molecular weight is 398 g/mol. The van der Waals surface area contributed by atoms with Crippen LogP contribution in [0.15, 0.2) is 52.5 Å². The summed E-state index contributed by atoms with van der Waals surface area (Å²) in [5, 5.41) is 10.5. The lowest BCUT2D eigenvalue weighted by Crippen LogP contribution is -2.35. The molecule has 2 aromatic rings. The van der Waals surface area contributed by atoms with Crippen molar-refractivity contribution in [3.8, 4) is 0 Å². The largest absolute Gasteiger partial charge is 0.302 e. The van der Waals surface area contributed by atoms with Crippen LogP contribution in [-0.2, 0) is 4.79 Å². The molecule has 0 aromatic heterocycles. The predicted molar refractivity (Wildman–Crippen MR) is 117 cm³/mol. The summed E-state index contributed by atoms with van der Waals surface area (Å²) in [6, 6.07) is 14.2. The number of thioether (sulfide) groups is 2. The van der Waals surface area contributed by atoms with Gasteiger partial charge in [0.25, 0.3) is 0 Å². The second kappa shape index (κ2) is 8.67. The molecule has 0 fully saturated rings. The fraction of sp³-hybridized carbons (Fsp3) is 0.238. The van der Waals surface area contributed by atoms with Crippen LogP contribution in [0.1, 0.15) is 24.5 Å². The Labute approximate surface area is 168 Å². The van der Waals surface area contributed by atoms with Gasteiger partial charge < -0.3 is 5.32 Å². The molecule has 6 heteroatoms. The molecule has 1 amide bonds. The van der Waals surface area contributed by atoms with Crippen LogP contribution in [0.4, 0.5) is 0 Å². The van der Waals surface area contributed by atoms with Crippen molar-refractivity contribution in [1.29, 1.82) is 0 Å². The van der Waals surface area contributed by atoms with Gasteiger partial charge in [0.15, 0.2) is 5.17 Å². The molecule has 0 saturated heterocycles. The van der Waals surface area contributed by atoms with Gasteiger partial charge >= 0.3 is 0 Å². The smallest absolute Gasteiger partial charge is 0.239 e. The Kier molecular flexibility index (Phi) is 6.29. The van der Waals surface area contributed by atoms with E-state index in [2.05, 4.69) is 48.4 Å². The first kappa shape index (κ1) is 19.6. The molecule has 0 saturated carbocycles. The number of carbonyl (C=O) groups is 1. The van der Waals surface area contributed by atoms with Crippen LogP contribution < -0.4 is 21.2 Å². The zero-order valence-electron chi connectivity index (χ0n) is 15.7. The molecular weight excluding hydrogens is 374 g/mol. The van der Waals surface area contributed by atoms with Gasteiger partial charge in [0, 0.05) is 10.1 Å². The van der Waals surface area contributed by atoms with Crippen LogP contribution in [0, 0.1) is 13.8 Å². The van der Waals surface area contributed by atoms with E-state index in [1.54, 1.807) is 11.8 Å². The molecule has 2 N–H and O–H groups in total. The van der Waals surface area contributed by atoms with E-state index < -0.39 is 0 Å². The Bertz CT molecular complexity index is 986. The second-order valence-electron chi connectivity index (χ2n) is 6.39. The van der Waals surface area contributed by atoms with Gasteiger partial charge in [-0.2, -0.15) is 0 Å². The number of hydrogen-bond donors (Lipinski definition) is 2. The number of nitrogens with zero attached hydrogens (tertiary/aromatic N) is 1. The first-order valence-corrected chi connectivity index (χ1v) is 10.5. The van der Waals surface area contributed by atoms with Crippen molar-refractivity contribution in [1.82, 2.24) is 10.7 Å². The van der Waals surface area contributed by atoms with E-state index in [0.29, 0.717) is 5.17 Å².